The van der Waals surface area contributed by atoms with Crippen molar-refractivity contribution in [2.75, 3.05) is 13.1 Å². The number of urea groups is 1. The highest BCUT2D eigenvalue weighted by Gasteiger charge is 2.32. The molecule has 1 saturated carbocycles. The Bertz CT molecular complexity index is 1040. The van der Waals surface area contributed by atoms with E-state index in [1.807, 2.05) is 6.07 Å². The van der Waals surface area contributed by atoms with Crippen molar-refractivity contribution in [1.29, 1.82) is 5.26 Å². The van der Waals surface area contributed by atoms with Gasteiger partial charge in [0.15, 0.2) is 0 Å². The van der Waals surface area contributed by atoms with E-state index in [1.165, 1.54) is 18.2 Å². The fourth-order valence-electron chi connectivity index (χ4n) is 4.13. The van der Waals surface area contributed by atoms with E-state index in [1.54, 1.807) is 24.3 Å². The Hall–Kier alpha value is -3.54. The van der Waals surface area contributed by atoms with Crippen LogP contribution in [0.5, 0.6) is 0 Å². The van der Waals surface area contributed by atoms with E-state index in [9.17, 15) is 22.8 Å². The van der Waals surface area contributed by atoms with E-state index in [4.69, 9.17) is 5.26 Å². The van der Waals surface area contributed by atoms with Gasteiger partial charge in [-0.05, 0) is 67.3 Å². The largest absolute Gasteiger partial charge is 0.416 e. The van der Waals surface area contributed by atoms with E-state index in [0.29, 0.717) is 30.1 Å². The highest BCUT2D eigenvalue weighted by molar-refractivity contribution is 5.94. The topological polar surface area (TPSA) is 94.0 Å². The number of carbonyl (C=O) groups is 2. The van der Waals surface area contributed by atoms with E-state index >= 15 is 0 Å². The van der Waals surface area contributed by atoms with Crippen molar-refractivity contribution in [2.24, 2.45) is 11.8 Å². The number of alkyl halides is 3. The number of carbonyl (C=O) groups excluding carboxylic acids is 2. The van der Waals surface area contributed by atoms with Crippen LogP contribution >= 0.6 is 0 Å². The number of amides is 3. The molecule has 2 aromatic rings. The molecule has 0 radical (unpaired) electrons. The number of hydrogen-bond acceptors (Lipinski definition) is 3. The zero-order valence-corrected chi connectivity index (χ0v) is 18.6. The summed E-state index contributed by atoms with van der Waals surface area (Å²) in [5.41, 5.74) is 0.167. The molecule has 9 heteroatoms. The maximum Gasteiger partial charge on any atom is 0.416 e. The zero-order chi connectivity index (χ0) is 24.6. The molecule has 6 nitrogen and oxygen atoms in total. The Morgan fingerprint density at radius 3 is 2.21 bits per heavy atom. The van der Waals surface area contributed by atoms with E-state index in [-0.39, 0.29) is 23.9 Å². The van der Waals surface area contributed by atoms with E-state index in [2.05, 4.69) is 16.0 Å². The minimum absolute atomic E-state index is 0.0204. The Morgan fingerprint density at radius 2 is 1.56 bits per heavy atom. The van der Waals surface area contributed by atoms with Gasteiger partial charge in [-0.15, -0.1) is 0 Å². The summed E-state index contributed by atoms with van der Waals surface area (Å²) in [7, 11) is 0. The lowest BCUT2D eigenvalue weighted by Gasteiger charge is -2.28. The minimum Gasteiger partial charge on any atom is -0.352 e. The molecule has 1 aliphatic rings. The summed E-state index contributed by atoms with van der Waals surface area (Å²) in [6.07, 6.45) is -0.867. The zero-order valence-electron chi connectivity index (χ0n) is 18.6. The number of nitriles is 1. The Labute approximate surface area is 196 Å². The van der Waals surface area contributed by atoms with Crippen molar-refractivity contribution in [2.45, 2.75) is 38.4 Å². The summed E-state index contributed by atoms with van der Waals surface area (Å²) in [6.45, 7) is 0.798. The summed E-state index contributed by atoms with van der Waals surface area (Å²) in [6, 6.07) is 13.3. The molecular weight excluding hydrogens is 445 g/mol. The lowest BCUT2D eigenvalue weighted by molar-refractivity contribution is -0.138. The molecule has 0 saturated heterocycles. The van der Waals surface area contributed by atoms with Gasteiger partial charge in [-0.2, -0.15) is 18.4 Å². The van der Waals surface area contributed by atoms with Crippen LogP contribution in [-0.2, 0) is 12.7 Å². The molecule has 3 rings (SSSR count). The fraction of sp³-hybridized carbons (Fsp3) is 0.400. The number of benzene rings is 2. The first-order valence-electron chi connectivity index (χ1n) is 11.2. The Balaban J connectivity index is 1.35. The molecule has 0 heterocycles. The second-order valence-electron chi connectivity index (χ2n) is 8.51. The number of nitrogens with one attached hydrogen (secondary N) is 3. The van der Waals surface area contributed by atoms with Crippen LogP contribution in [0.2, 0.25) is 0 Å². The lowest BCUT2D eigenvalue weighted by Crippen LogP contribution is -2.39. The minimum atomic E-state index is -4.46. The van der Waals surface area contributed by atoms with Crippen LogP contribution in [0.4, 0.5) is 18.0 Å². The van der Waals surface area contributed by atoms with E-state index < -0.39 is 17.8 Å². The predicted octanol–water partition coefficient (Wildman–Crippen LogP) is 4.61. The summed E-state index contributed by atoms with van der Waals surface area (Å²) < 4.78 is 39.1. The van der Waals surface area contributed by atoms with Crippen LogP contribution in [0.1, 0.15) is 52.7 Å². The van der Waals surface area contributed by atoms with Gasteiger partial charge < -0.3 is 16.0 Å². The molecule has 0 aromatic heterocycles. The third-order valence-corrected chi connectivity index (χ3v) is 6.08. The van der Waals surface area contributed by atoms with Gasteiger partial charge in [0.25, 0.3) is 5.91 Å². The Morgan fingerprint density at radius 1 is 0.912 bits per heavy atom. The highest BCUT2D eigenvalue weighted by atomic mass is 19.4. The quantitative estimate of drug-likeness (QED) is 0.549. The first-order chi connectivity index (χ1) is 16.3. The summed E-state index contributed by atoms with van der Waals surface area (Å²) in [4.78, 5) is 24.4. The average Bonchev–Trinajstić information content (AvgIpc) is 2.85. The van der Waals surface area contributed by atoms with Crippen molar-refractivity contribution in [1.82, 2.24) is 16.0 Å². The van der Waals surface area contributed by atoms with Gasteiger partial charge in [-0.25, -0.2) is 4.79 Å². The first kappa shape index (κ1) is 25.1. The molecule has 180 valence electrons. The normalized spacial score (nSPS) is 17.9. The first-order valence-corrected chi connectivity index (χ1v) is 11.2. The average molecular weight is 473 g/mol. The molecular formula is C25H27F3N4O2. The fourth-order valence-corrected chi connectivity index (χ4v) is 4.13. The van der Waals surface area contributed by atoms with Gasteiger partial charge in [0.1, 0.15) is 0 Å². The van der Waals surface area contributed by atoms with Crippen LogP contribution in [0.25, 0.3) is 0 Å². The molecule has 1 aliphatic carbocycles. The second kappa shape index (κ2) is 11.5. The molecule has 0 atom stereocenters. The van der Waals surface area contributed by atoms with Crippen LogP contribution in [0.3, 0.4) is 0 Å². The van der Waals surface area contributed by atoms with Gasteiger partial charge in [-0.1, -0.05) is 24.3 Å². The molecule has 0 unspecified atom stereocenters. The molecule has 34 heavy (non-hydrogen) atoms. The maximum absolute atomic E-state index is 13.0. The number of rotatable bonds is 7. The highest BCUT2D eigenvalue weighted by Crippen LogP contribution is 2.32. The summed E-state index contributed by atoms with van der Waals surface area (Å²) in [5.74, 6) is 0.421. The van der Waals surface area contributed by atoms with Crippen molar-refractivity contribution < 1.29 is 22.8 Å². The molecule has 2 aromatic carbocycles. The van der Waals surface area contributed by atoms with Crippen molar-refractivity contribution >= 4 is 11.9 Å². The molecule has 0 bridgehead atoms. The molecule has 3 amide bonds. The van der Waals surface area contributed by atoms with Crippen LogP contribution in [-0.4, -0.2) is 25.0 Å². The van der Waals surface area contributed by atoms with Gasteiger partial charge in [-0.3, -0.25) is 4.79 Å². The standard InChI is InChI=1S/C25H27F3N4O2/c26-25(27,28)22-7-2-1-5-21(22)16-32-24(34)31-15-18-10-8-17(9-11-18)14-30-23(33)20-6-3-4-19(12-20)13-29/h1-7,12,17-18H,8-11,14-16H2,(H,30,33)(H2,31,32,34). The lowest BCUT2D eigenvalue weighted by atomic mass is 9.82. The smallest absolute Gasteiger partial charge is 0.352 e. The van der Waals surface area contributed by atoms with Gasteiger partial charge >= 0.3 is 12.2 Å². The van der Waals surface area contributed by atoms with Gasteiger partial charge in [0.2, 0.25) is 0 Å². The summed E-state index contributed by atoms with van der Waals surface area (Å²) >= 11 is 0. The van der Waals surface area contributed by atoms with Crippen molar-refractivity contribution in [3.8, 4) is 6.07 Å². The third-order valence-electron chi connectivity index (χ3n) is 6.08. The monoisotopic (exact) mass is 472 g/mol. The number of nitrogens with zero attached hydrogens (tertiary/aromatic N) is 1. The molecule has 0 aliphatic heterocycles. The van der Waals surface area contributed by atoms with E-state index in [0.717, 1.165) is 31.7 Å². The van der Waals surface area contributed by atoms with Crippen LogP contribution in [0, 0.1) is 23.2 Å². The molecule has 1 fully saturated rings. The summed E-state index contributed by atoms with van der Waals surface area (Å²) in [5, 5.41) is 17.1. The van der Waals surface area contributed by atoms with Crippen LogP contribution < -0.4 is 16.0 Å². The second-order valence-corrected chi connectivity index (χ2v) is 8.51. The number of halogens is 3. The maximum atomic E-state index is 13.0. The molecule has 3 N–H and O–H groups in total. The predicted molar refractivity (Wildman–Crippen MR) is 121 cm³/mol. The number of hydrogen-bond donors (Lipinski definition) is 3. The van der Waals surface area contributed by atoms with Gasteiger partial charge in [0, 0.05) is 25.2 Å². The van der Waals surface area contributed by atoms with Crippen molar-refractivity contribution in [3.63, 3.8) is 0 Å². The SMILES string of the molecule is N#Cc1cccc(C(=O)NCC2CCC(CNC(=O)NCc3ccccc3C(F)(F)F)CC2)c1. The molecule has 0 spiro atoms. The third kappa shape index (κ3) is 7.24. The Kier molecular flexibility index (Phi) is 8.52. The van der Waals surface area contributed by atoms with Crippen LogP contribution in [0.15, 0.2) is 48.5 Å². The van der Waals surface area contributed by atoms with Gasteiger partial charge in [0.05, 0.1) is 17.2 Å². The van der Waals surface area contributed by atoms with Crippen molar-refractivity contribution in [3.05, 3.63) is 70.8 Å².